The number of aliphatic carboxylic acids is 1. The molecule has 0 aliphatic heterocycles. The van der Waals surface area contributed by atoms with E-state index in [1.54, 1.807) is 6.26 Å². The zero-order chi connectivity index (χ0) is 29.4. The van der Waals surface area contributed by atoms with E-state index in [4.69, 9.17) is 15.2 Å². The van der Waals surface area contributed by atoms with Gasteiger partial charge in [0.05, 0.1) is 17.4 Å². The van der Waals surface area contributed by atoms with Crippen LogP contribution in [0.25, 0.3) is 5.57 Å². The summed E-state index contributed by atoms with van der Waals surface area (Å²) < 4.78 is 6.24. The smallest absolute Gasteiger partial charge is 0.310 e. The van der Waals surface area contributed by atoms with Crippen molar-refractivity contribution in [3.8, 4) is 0 Å². The molecule has 7 rings (SSSR count). The molecule has 6 heteroatoms. The van der Waals surface area contributed by atoms with Gasteiger partial charge in [-0.05, 0) is 115 Å². The Balaban J connectivity index is 1.47. The van der Waals surface area contributed by atoms with E-state index >= 15 is 0 Å². The second kappa shape index (κ2) is 8.11. The highest BCUT2D eigenvalue weighted by molar-refractivity contribution is 5.79. The van der Waals surface area contributed by atoms with E-state index in [9.17, 15) is 9.90 Å². The number of hydrogen-bond acceptors (Lipinski definition) is 4. The van der Waals surface area contributed by atoms with Gasteiger partial charge in [-0.3, -0.25) is 9.89 Å². The molecular formula is C35H49N3O3. The number of aromatic amines is 1. The van der Waals surface area contributed by atoms with Crippen molar-refractivity contribution in [2.24, 2.45) is 44.8 Å². The number of hydrogen-bond donors (Lipinski definition) is 3. The maximum Gasteiger partial charge on any atom is 0.310 e. The Hall–Kier alpha value is -2.50. The van der Waals surface area contributed by atoms with Crippen molar-refractivity contribution >= 4 is 17.4 Å². The molecule has 41 heavy (non-hydrogen) atoms. The zero-order valence-electron chi connectivity index (χ0n) is 26.1. The Morgan fingerprint density at radius 3 is 2.46 bits per heavy atom. The van der Waals surface area contributed by atoms with Gasteiger partial charge in [0.1, 0.15) is 11.6 Å². The zero-order valence-corrected chi connectivity index (χ0v) is 26.1. The van der Waals surface area contributed by atoms with Gasteiger partial charge in [-0.1, -0.05) is 54.0 Å². The number of carbonyl (C=O) groups is 1. The van der Waals surface area contributed by atoms with Crippen molar-refractivity contribution in [1.29, 1.82) is 0 Å². The summed E-state index contributed by atoms with van der Waals surface area (Å²) in [5.74, 6) is 2.01. The Bertz CT molecular complexity index is 1450. The number of carboxylic acid groups (broad SMARTS) is 1. The third kappa shape index (κ3) is 3.25. The number of rotatable bonds is 2. The van der Waals surface area contributed by atoms with Crippen LogP contribution in [0.4, 0.5) is 5.82 Å². The molecule has 6 nitrogen and oxygen atoms in total. The van der Waals surface area contributed by atoms with Gasteiger partial charge in [-0.15, -0.1) is 0 Å². The quantitative estimate of drug-likeness (QED) is 0.346. The molecule has 0 radical (unpaired) electrons. The number of nitrogens with one attached hydrogen (secondary N) is 1. The molecule has 2 aromatic heterocycles. The van der Waals surface area contributed by atoms with Crippen LogP contribution in [0.3, 0.4) is 0 Å². The minimum Gasteiger partial charge on any atom is -0.481 e. The Morgan fingerprint density at radius 1 is 1.05 bits per heavy atom. The molecule has 0 amide bonds. The first-order chi connectivity index (χ1) is 19.1. The van der Waals surface area contributed by atoms with Crippen LogP contribution in [0.5, 0.6) is 0 Å². The fraction of sp³-hybridized carbons (Fsp3) is 0.714. The van der Waals surface area contributed by atoms with Crippen molar-refractivity contribution in [2.45, 2.75) is 112 Å². The van der Waals surface area contributed by atoms with Gasteiger partial charge in [0.15, 0.2) is 0 Å². The van der Waals surface area contributed by atoms with Gasteiger partial charge in [-0.2, -0.15) is 5.10 Å². The lowest BCUT2D eigenvalue weighted by atomic mass is 9.33. The first-order valence-electron chi connectivity index (χ1n) is 15.9. The molecule has 3 fully saturated rings. The number of nitrogens with zero attached hydrogens (tertiary/aromatic N) is 1. The predicted molar refractivity (Wildman–Crippen MR) is 161 cm³/mol. The molecule has 0 aromatic carbocycles. The highest BCUT2D eigenvalue weighted by Gasteiger charge is 2.70. The third-order valence-electron chi connectivity index (χ3n) is 14.2. The Kier molecular flexibility index (Phi) is 5.41. The van der Waals surface area contributed by atoms with Crippen LogP contribution in [-0.4, -0.2) is 21.3 Å². The summed E-state index contributed by atoms with van der Waals surface area (Å²) in [5, 5.41) is 18.7. The van der Waals surface area contributed by atoms with E-state index < -0.39 is 11.4 Å². The van der Waals surface area contributed by atoms with Crippen LogP contribution < -0.4 is 5.73 Å². The number of aromatic nitrogens is 2. The molecular weight excluding hydrogens is 510 g/mol. The average Bonchev–Trinajstić information content (AvgIpc) is 3.54. The van der Waals surface area contributed by atoms with Gasteiger partial charge in [-0.25, -0.2) is 0 Å². The second-order valence-corrected chi connectivity index (χ2v) is 16.7. The monoisotopic (exact) mass is 559 g/mol. The summed E-state index contributed by atoms with van der Waals surface area (Å²) >= 11 is 0. The Labute approximate surface area is 244 Å². The summed E-state index contributed by atoms with van der Waals surface area (Å²) in [6.45, 7) is 17.1. The van der Waals surface area contributed by atoms with Crippen LogP contribution in [0, 0.1) is 44.8 Å². The lowest BCUT2D eigenvalue weighted by Crippen LogP contribution is -2.65. The molecule has 0 saturated heterocycles. The fourth-order valence-electron chi connectivity index (χ4n) is 11.9. The topological polar surface area (TPSA) is 105 Å². The molecule has 3 saturated carbocycles. The first-order valence-corrected chi connectivity index (χ1v) is 15.9. The summed E-state index contributed by atoms with van der Waals surface area (Å²) in [7, 11) is 0. The summed E-state index contributed by atoms with van der Waals surface area (Å²) in [6.07, 6.45) is 10.3. The van der Waals surface area contributed by atoms with Crippen LogP contribution in [0.1, 0.15) is 117 Å². The SMILES string of the molecule is CC1(C)CC[C@]2(C(=O)O)CC[C@]3(C)C(=C(c4ccco4)CC4[C@@]5(C)Cc6c(n[nH]c6N)C(C)(C)C5CC[C@]43C)C2C1. The number of nitrogens with two attached hydrogens (primary N) is 1. The number of fused-ring (bicyclic) bond motifs is 8. The van der Waals surface area contributed by atoms with Crippen molar-refractivity contribution in [3.63, 3.8) is 0 Å². The van der Waals surface area contributed by atoms with E-state index in [-0.39, 0.29) is 33.0 Å². The van der Waals surface area contributed by atoms with Crippen LogP contribution >= 0.6 is 0 Å². The van der Waals surface area contributed by atoms with E-state index in [1.807, 2.05) is 6.07 Å². The number of H-pyrrole nitrogens is 1. The molecule has 0 bridgehead atoms. The fourth-order valence-corrected chi connectivity index (χ4v) is 11.9. The standard InChI is InChI=1S/C35H49N3O3/c1-30(2)12-14-35(29(39)40)15-13-34(7)26(22(35)19-30)20(23-9-8-16-41-23)17-25-32(5)18-21-27(37-38-28(21)36)31(3,4)24(32)10-11-33(25,34)6/h8-9,16,22,24-25H,10-15,17-19H2,1-7H3,(H,39,40)(H3,36,37,38)/t22?,24?,25?,32-,33+,34+,35-/m0/s1. The van der Waals surface area contributed by atoms with Gasteiger partial charge < -0.3 is 15.3 Å². The molecule has 222 valence electrons. The van der Waals surface area contributed by atoms with Crippen molar-refractivity contribution < 1.29 is 14.3 Å². The maximum atomic E-state index is 13.2. The normalized spacial score (nSPS) is 42.4. The van der Waals surface area contributed by atoms with E-state index in [0.29, 0.717) is 11.8 Å². The minimum absolute atomic E-state index is 0.0288. The highest BCUT2D eigenvalue weighted by atomic mass is 16.4. The van der Waals surface area contributed by atoms with Crippen LogP contribution in [-0.2, 0) is 16.6 Å². The number of anilines is 1. The van der Waals surface area contributed by atoms with Gasteiger partial charge in [0.2, 0.25) is 0 Å². The Morgan fingerprint density at radius 2 is 1.78 bits per heavy atom. The number of nitrogen functional groups attached to an aromatic ring is 1. The van der Waals surface area contributed by atoms with Gasteiger partial charge >= 0.3 is 5.97 Å². The summed E-state index contributed by atoms with van der Waals surface area (Å²) in [4.78, 5) is 13.2. The van der Waals surface area contributed by atoms with Crippen LogP contribution in [0.15, 0.2) is 28.4 Å². The average molecular weight is 560 g/mol. The number of carboxylic acids is 1. The minimum atomic E-state index is -0.681. The summed E-state index contributed by atoms with van der Waals surface area (Å²) in [6, 6.07) is 4.12. The molecule has 2 heterocycles. The van der Waals surface area contributed by atoms with E-state index in [1.165, 1.54) is 16.7 Å². The molecule has 3 unspecified atom stereocenters. The van der Waals surface area contributed by atoms with Crippen molar-refractivity contribution in [3.05, 3.63) is 41.0 Å². The van der Waals surface area contributed by atoms with Gasteiger partial charge in [0.25, 0.3) is 0 Å². The lowest BCUT2D eigenvalue weighted by Gasteiger charge is -2.71. The first kappa shape index (κ1) is 27.3. The van der Waals surface area contributed by atoms with Crippen molar-refractivity contribution in [2.75, 3.05) is 5.73 Å². The molecule has 0 spiro atoms. The molecule has 4 N–H and O–H groups in total. The maximum absolute atomic E-state index is 13.2. The number of furan rings is 1. The molecule has 5 aliphatic carbocycles. The van der Waals surface area contributed by atoms with Crippen LogP contribution in [0.2, 0.25) is 0 Å². The lowest BCUT2D eigenvalue weighted by molar-refractivity contribution is -0.176. The second-order valence-electron chi connectivity index (χ2n) is 16.7. The van der Waals surface area contributed by atoms with Gasteiger partial charge in [0, 0.05) is 11.0 Å². The van der Waals surface area contributed by atoms with Crippen molar-refractivity contribution in [1.82, 2.24) is 10.2 Å². The van der Waals surface area contributed by atoms with E-state index in [0.717, 1.165) is 75.1 Å². The third-order valence-corrected chi connectivity index (χ3v) is 14.2. The highest BCUT2D eigenvalue weighted by Crippen LogP contribution is 2.77. The predicted octanol–water partition coefficient (Wildman–Crippen LogP) is 8.01. The summed E-state index contributed by atoms with van der Waals surface area (Å²) in [5.41, 5.74) is 11.0. The number of allylic oxidation sites excluding steroid dienone is 2. The molecule has 7 atom stereocenters. The largest absolute Gasteiger partial charge is 0.481 e. The van der Waals surface area contributed by atoms with E-state index in [2.05, 4.69) is 59.6 Å². The molecule has 5 aliphatic rings. The molecule has 2 aromatic rings.